The third-order valence-corrected chi connectivity index (χ3v) is 4.81. The summed E-state index contributed by atoms with van der Waals surface area (Å²) >= 11 is 3.37. The van der Waals surface area contributed by atoms with Gasteiger partial charge < -0.3 is 15.2 Å². The molecule has 0 fully saturated rings. The van der Waals surface area contributed by atoms with Crippen LogP contribution in [0.15, 0.2) is 51.5 Å². The molecule has 3 aromatic rings. The van der Waals surface area contributed by atoms with E-state index in [1.165, 1.54) is 24.3 Å². The van der Waals surface area contributed by atoms with Crippen molar-refractivity contribution in [3.05, 3.63) is 69.6 Å². The molecule has 0 radical (unpaired) electrons. The maximum absolute atomic E-state index is 13.1. The maximum Gasteiger partial charge on any atom is 0.257 e. The molecule has 0 spiro atoms. The number of nitrogens with zero attached hydrogens (tertiary/aromatic N) is 1. The van der Waals surface area contributed by atoms with Crippen molar-refractivity contribution in [1.29, 1.82) is 0 Å². The summed E-state index contributed by atoms with van der Waals surface area (Å²) in [6.45, 7) is 3.67. The number of hydrogen-bond acceptors (Lipinski definition) is 4. The van der Waals surface area contributed by atoms with Gasteiger partial charge >= 0.3 is 0 Å². The summed E-state index contributed by atoms with van der Waals surface area (Å²) in [5.41, 5.74) is 2.81. The fraction of sp³-hybridized carbons (Fsp3) is 0.190. The first-order valence-electron chi connectivity index (χ1n) is 8.91. The molecule has 0 unspecified atom stereocenters. The second-order valence-corrected chi connectivity index (χ2v) is 7.40. The monoisotopic (exact) mass is 459 g/mol. The molecule has 0 bridgehead atoms. The minimum Gasteiger partial charge on any atom is -0.360 e. The zero-order valence-electron chi connectivity index (χ0n) is 15.9. The third-order valence-electron chi connectivity index (χ3n) is 4.32. The second kappa shape index (κ2) is 9.00. The number of aromatic nitrogens is 1. The Kier molecular flexibility index (Phi) is 6.43. The Morgan fingerprint density at radius 2 is 1.86 bits per heavy atom. The van der Waals surface area contributed by atoms with Gasteiger partial charge in [0, 0.05) is 28.7 Å². The zero-order valence-corrected chi connectivity index (χ0v) is 17.5. The highest BCUT2D eigenvalue weighted by Gasteiger charge is 2.21. The van der Waals surface area contributed by atoms with Gasteiger partial charge in [-0.25, -0.2) is 4.39 Å². The summed E-state index contributed by atoms with van der Waals surface area (Å²) in [6, 6.07) is 11.2. The van der Waals surface area contributed by atoms with Crippen molar-refractivity contribution in [3.8, 4) is 11.3 Å². The first-order chi connectivity index (χ1) is 13.8. The lowest BCUT2D eigenvalue weighted by Crippen LogP contribution is -2.28. The molecule has 150 valence electrons. The lowest BCUT2D eigenvalue weighted by atomic mass is 10.1. The van der Waals surface area contributed by atoms with Crippen LogP contribution in [-0.4, -0.2) is 23.5 Å². The van der Waals surface area contributed by atoms with Gasteiger partial charge in [0.1, 0.15) is 22.8 Å². The Morgan fingerprint density at radius 1 is 1.14 bits per heavy atom. The molecule has 0 saturated carbocycles. The fourth-order valence-electron chi connectivity index (χ4n) is 2.76. The lowest BCUT2D eigenvalue weighted by Gasteiger charge is -2.10. The van der Waals surface area contributed by atoms with Crippen LogP contribution < -0.4 is 10.6 Å². The molecule has 0 saturated heterocycles. The Balaban J connectivity index is 1.61. The zero-order chi connectivity index (χ0) is 21.0. The van der Waals surface area contributed by atoms with Crippen molar-refractivity contribution in [2.24, 2.45) is 0 Å². The number of benzene rings is 2. The van der Waals surface area contributed by atoms with Gasteiger partial charge in [-0.05, 0) is 55.8 Å². The Morgan fingerprint density at radius 3 is 2.59 bits per heavy atom. The normalized spacial score (nSPS) is 10.6. The highest BCUT2D eigenvalue weighted by Crippen LogP contribution is 2.25. The van der Waals surface area contributed by atoms with Crippen molar-refractivity contribution in [2.45, 2.75) is 20.3 Å². The number of aryl methyl sites for hydroxylation is 2. The van der Waals surface area contributed by atoms with E-state index in [-0.39, 0.29) is 30.3 Å². The Bertz CT molecular complexity index is 1050. The van der Waals surface area contributed by atoms with Gasteiger partial charge in [0.05, 0.1) is 0 Å². The molecule has 6 nitrogen and oxygen atoms in total. The van der Waals surface area contributed by atoms with E-state index in [2.05, 4.69) is 31.7 Å². The van der Waals surface area contributed by atoms with Crippen LogP contribution in [0.3, 0.4) is 0 Å². The molecular formula is C21H19BrFN3O3. The first-order valence-corrected chi connectivity index (χ1v) is 9.71. The molecule has 2 N–H and O–H groups in total. The average Bonchev–Trinajstić information content (AvgIpc) is 3.07. The summed E-state index contributed by atoms with van der Waals surface area (Å²) in [4.78, 5) is 24.8. The average molecular weight is 460 g/mol. The standard InChI is InChI=1S/C21H19BrFN3O3/c1-12-3-6-15(22)11-17(12)25-18(27)9-10-24-21(28)19-13(2)29-26-20(19)14-4-7-16(23)8-5-14/h3-8,11H,9-10H2,1-2H3,(H,24,28)(H,25,27). The van der Waals surface area contributed by atoms with Crippen LogP contribution >= 0.6 is 15.9 Å². The third kappa shape index (κ3) is 5.08. The number of carbonyl (C=O) groups excluding carboxylic acids is 2. The smallest absolute Gasteiger partial charge is 0.257 e. The van der Waals surface area contributed by atoms with Gasteiger partial charge in [-0.3, -0.25) is 9.59 Å². The molecule has 0 atom stereocenters. The summed E-state index contributed by atoms with van der Waals surface area (Å²) in [6.07, 6.45) is 0.105. The molecule has 8 heteroatoms. The van der Waals surface area contributed by atoms with Crippen molar-refractivity contribution in [1.82, 2.24) is 10.5 Å². The quantitative estimate of drug-likeness (QED) is 0.563. The molecule has 29 heavy (non-hydrogen) atoms. The van der Waals surface area contributed by atoms with Gasteiger partial charge in [0.2, 0.25) is 5.91 Å². The molecule has 1 heterocycles. The number of halogens is 2. The van der Waals surface area contributed by atoms with E-state index in [4.69, 9.17) is 4.52 Å². The predicted molar refractivity (Wildman–Crippen MR) is 111 cm³/mol. The molecule has 2 aromatic carbocycles. The molecule has 1 aromatic heterocycles. The van der Waals surface area contributed by atoms with Crippen LogP contribution in [0.2, 0.25) is 0 Å². The van der Waals surface area contributed by atoms with E-state index < -0.39 is 5.91 Å². The van der Waals surface area contributed by atoms with Crippen molar-refractivity contribution in [2.75, 3.05) is 11.9 Å². The van der Waals surface area contributed by atoms with Crippen molar-refractivity contribution in [3.63, 3.8) is 0 Å². The van der Waals surface area contributed by atoms with Crippen molar-refractivity contribution >= 4 is 33.4 Å². The van der Waals surface area contributed by atoms with E-state index in [0.717, 1.165) is 10.0 Å². The first kappa shape index (κ1) is 20.7. The van der Waals surface area contributed by atoms with Crippen LogP contribution in [-0.2, 0) is 4.79 Å². The molecule has 0 aliphatic rings. The number of anilines is 1. The van der Waals surface area contributed by atoms with Crippen LogP contribution in [0.5, 0.6) is 0 Å². The van der Waals surface area contributed by atoms with Gasteiger partial charge in [-0.15, -0.1) is 0 Å². The van der Waals surface area contributed by atoms with Gasteiger partial charge in [-0.2, -0.15) is 0 Å². The minimum absolute atomic E-state index is 0.105. The van der Waals surface area contributed by atoms with E-state index in [0.29, 0.717) is 22.7 Å². The van der Waals surface area contributed by atoms with Gasteiger partial charge in [-0.1, -0.05) is 27.2 Å². The minimum atomic E-state index is -0.408. The fourth-order valence-corrected chi connectivity index (χ4v) is 3.12. The molecule has 3 rings (SSSR count). The van der Waals surface area contributed by atoms with E-state index >= 15 is 0 Å². The van der Waals surface area contributed by atoms with Crippen LogP contribution in [0.25, 0.3) is 11.3 Å². The SMILES string of the molecule is Cc1ccc(Br)cc1NC(=O)CCNC(=O)c1c(-c2ccc(F)cc2)noc1C. The molecule has 0 aliphatic carbocycles. The van der Waals surface area contributed by atoms with Crippen LogP contribution in [0.4, 0.5) is 10.1 Å². The second-order valence-electron chi connectivity index (χ2n) is 6.48. The van der Waals surface area contributed by atoms with E-state index in [1.54, 1.807) is 6.92 Å². The number of carbonyl (C=O) groups is 2. The van der Waals surface area contributed by atoms with Crippen LogP contribution in [0, 0.1) is 19.7 Å². The van der Waals surface area contributed by atoms with E-state index in [1.807, 2.05) is 25.1 Å². The molecule has 0 aliphatic heterocycles. The summed E-state index contributed by atoms with van der Waals surface area (Å²) < 4.78 is 19.2. The molecule has 2 amide bonds. The highest BCUT2D eigenvalue weighted by atomic mass is 79.9. The van der Waals surface area contributed by atoms with Crippen molar-refractivity contribution < 1.29 is 18.5 Å². The van der Waals surface area contributed by atoms with E-state index in [9.17, 15) is 14.0 Å². The summed E-state index contributed by atoms with van der Waals surface area (Å²) in [5.74, 6) is -0.662. The molecular weight excluding hydrogens is 441 g/mol. The topological polar surface area (TPSA) is 84.2 Å². The Hall–Kier alpha value is -3.00. The number of nitrogens with one attached hydrogen (secondary N) is 2. The van der Waals surface area contributed by atoms with Crippen LogP contribution in [0.1, 0.15) is 28.1 Å². The van der Waals surface area contributed by atoms with Gasteiger partial charge in [0.15, 0.2) is 0 Å². The highest BCUT2D eigenvalue weighted by molar-refractivity contribution is 9.10. The maximum atomic E-state index is 13.1. The largest absolute Gasteiger partial charge is 0.360 e. The Labute approximate surface area is 175 Å². The predicted octanol–water partition coefficient (Wildman–Crippen LogP) is 4.62. The number of amides is 2. The lowest BCUT2D eigenvalue weighted by molar-refractivity contribution is -0.116. The summed E-state index contributed by atoms with van der Waals surface area (Å²) in [5, 5.41) is 9.45. The number of rotatable bonds is 6. The van der Waals surface area contributed by atoms with Gasteiger partial charge in [0.25, 0.3) is 5.91 Å². The number of hydrogen-bond donors (Lipinski definition) is 2. The summed E-state index contributed by atoms with van der Waals surface area (Å²) in [7, 11) is 0.